The quantitative estimate of drug-likeness (QED) is 0.584. The first-order chi connectivity index (χ1) is 9.79. The van der Waals surface area contributed by atoms with Crippen molar-refractivity contribution in [2.75, 3.05) is 0 Å². The molecule has 1 amide bonds. The number of carboxylic acids is 1. The molecule has 9 heteroatoms. The maximum absolute atomic E-state index is 12.2. The van der Waals surface area contributed by atoms with E-state index in [0.29, 0.717) is 0 Å². The lowest BCUT2D eigenvalue weighted by Gasteiger charge is -2.13. The van der Waals surface area contributed by atoms with Crippen LogP contribution in [0.3, 0.4) is 0 Å². The van der Waals surface area contributed by atoms with E-state index in [-0.39, 0.29) is 17.7 Å². The van der Waals surface area contributed by atoms with Crippen LogP contribution in [0.5, 0.6) is 0 Å². The Morgan fingerprint density at radius 3 is 2.57 bits per heavy atom. The molecular formula is C12H12F2N2O5. The van der Waals surface area contributed by atoms with Gasteiger partial charge in [-0.15, -0.1) is 0 Å². The topological polar surface area (TPSA) is 110 Å². The van der Waals surface area contributed by atoms with Crippen LogP contribution in [0.4, 0.5) is 14.5 Å². The summed E-state index contributed by atoms with van der Waals surface area (Å²) in [4.78, 5) is 32.3. The van der Waals surface area contributed by atoms with Crippen LogP contribution in [0.2, 0.25) is 0 Å². The highest BCUT2D eigenvalue weighted by Gasteiger charge is 2.24. The third kappa shape index (κ3) is 5.51. The van der Waals surface area contributed by atoms with Gasteiger partial charge >= 0.3 is 5.97 Å². The minimum Gasteiger partial charge on any atom is -0.480 e. The molecule has 7 nitrogen and oxygen atoms in total. The van der Waals surface area contributed by atoms with E-state index in [1.54, 1.807) is 0 Å². The Bertz CT molecular complexity index is 550. The first kappa shape index (κ1) is 16.5. The second-order valence-corrected chi connectivity index (χ2v) is 4.19. The zero-order valence-corrected chi connectivity index (χ0v) is 10.7. The summed E-state index contributed by atoms with van der Waals surface area (Å²) >= 11 is 0. The van der Waals surface area contributed by atoms with Gasteiger partial charge in [0.2, 0.25) is 12.3 Å². The van der Waals surface area contributed by atoms with Crippen LogP contribution in [0.1, 0.15) is 12.0 Å². The number of alkyl halides is 2. The van der Waals surface area contributed by atoms with Crippen LogP contribution >= 0.6 is 0 Å². The van der Waals surface area contributed by atoms with Crippen LogP contribution in [-0.4, -0.2) is 34.4 Å². The molecule has 0 aliphatic rings. The molecule has 0 aromatic heterocycles. The number of rotatable bonds is 7. The minimum absolute atomic E-state index is 0.220. The normalized spacial score (nSPS) is 12.0. The number of nitrogens with zero attached hydrogens (tertiary/aromatic N) is 1. The molecule has 0 aliphatic heterocycles. The van der Waals surface area contributed by atoms with Gasteiger partial charge in [0, 0.05) is 18.6 Å². The molecule has 0 radical (unpaired) electrons. The maximum atomic E-state index is 12.2. The first-order valence-electron chi connectivity index (χ1n) is 5.83. The number of carbonyl (C=O) groups is 2. The number of halogens is 2. The zero-order valence-electron chi connectivity index (χ0n) is 10.7. The molecule has 2 N–H and O–H groups in total. The van der Waals surface area contributed by atoms with Crippen LogP contribution in [-0.2, 0) is 16.0 Å². The molecule has 1 aromatic carbocycles. The molecule has 1 aromatic rings. The number of benzene rings is 1. The van der Waals surface area contributed by atoms with Crippen molar-refractivity contribution in [3.05, 3.63) is 39.9 Å². The number of nitrogens with one attached hydrogen (secondary N) is 1. The summed E-state index contributed by atoms with van der Waals surface area (Å²) in [6.07, 6.45) is -4.21. The van der Waals surface area contributed by atoms with Crippen molar-refractivity contribution in [2.24, 2.45) is 0 Å². The summed E-state index contributed by atoms with van der Waals surface area (Å²) in [5, 5.41) is 21.2. The fourth-order valence-electron chi connectivity index (χ4n) is 1.61. The Morgan fingerprint density at radius 2 is 2.05 bits per heavy atom. The predicted molar refractivity (Wildman–Crippen MR) is 67.0 cm³/mol. The minimum atomic E-state index is -2.87. The smallest absolute Gasteiger partial charge is 0.326 e. The Labute approximate surface area is 117 Å². The highest BCUT2D eigenvalue weighted by Crippen LogP contribution is 2.13. The first-order valence-corrected chi connectivity index (χ1v) is 5.83. The number of carbonyl (C=O) groups excluding carboxylic acids is 1. The van der Waals surface area contributed by atoms with Crippen molar-refractivity contribution in [3.8, 4) is 0 Å². The average molecular weight is 302 g/mol. The Morgan fingerprint density at radius 1 is 1.38 bits per heavy atom. The van der Waals surface area contributed by atoms with Crippen LogP contribution in [0, 0.1) is 10.1 Å². The highest BCUT2D eigenvalue weighted by atomic mass is 19.3. The summed E-state index contributed by atoms with van der Waals surface area (Å²) in [6, 6.07) is 3.50. The van der Waals surface area contributed by atoms with Crippen LogP contribution in [0.15, 0.2) is 24.3 Å². The van der Waals surface area contributed by atoms with Crippen molar-refractivity contribution < 1.29 is 28.4 Å². The van der Waals surface area contributed by atoms with Crippen molar-refractivity contribution >= 4 is 17.6 Å². The van der Waals surface area contributed by atoms with Crippen molar-refractivity contribution in [3.63, 3.8) is 0 Å². The maximum Gasteiger partial charge on any atom is 0.326 e. The molecule has 0 saturated carbocycles. The monoisotopic (exact) mass is 302 g/mol. The summed E-state index contributed by atoms with van der Waals surface area (Å²) < 4.78 is 24.3. The number of nitro groups is 1. The van der Waals surface area contributed by atoms with E-state index < -0.39 is 35.7 Å². The Hall–Kier alpha value is -2.58. The van der Waals surface area contributed by atoms with Gasteiger partial charge in [-0.2, -0.15) is 0 Å². The highest BCUT2D eigenvalue weighted by molar-refractivity contribution is 5.84. The summed E-state index contributed by atoms with van der Waals surface area (Å²) in [5.41, 5.74) is 0.0607. The van der Waals surface area contributed by atoms with Gasteiger partial charge in [-0.1, -0.05) is 12.1 Å². The third-order valence-corrected chi connectivity index (χ3v) is 2.53. The number of non-ortho nitro benzene ring substituents is 1. The lowest BCUT2D eigenvalue weighted by atomic mass is 10.1. The van der Waals surface area contributed by atoms with E-state index in [1.807, 2.05) is 5.32 Å². The van der Waals surface area contributed by atoms with E-state index in [2.05, 4.69) is 0 Å². The molecule has 1 atom stereocenters. The van der Waals surface area contributed by atoms with E-state index in [0.717, 1.165) is 6.07 Å². The number of amides is 1. The molecule has 0 saturated heterocycles. The standard InChI is InChI=1S/C12H12F2N2O5/c13-10(14)6-9(12(18)19)15-11(17)5-7-2-1-3-8(4-7)16(20)21/h1-4,9-10H,5-6H2,(H,15,17)(H,18,19). The second kappa shape index (κ2) is 7.27. The van der Waals surface area contributed by atoms with Gasteiger partial charge in [-0.3, -0.25) is 14.9 Å². The number of hydrogen-bond acceptors (Lipinski definition) is 4. The second-order valence-electron chi connectivity index (χ2n) is 4.19. The van der Waals surface area contributed by atoms with Crippen molar-refractivity contribution in [2.45, 2.75) is 25.3 Å². The SMILES string of the molecule is O=C(Cc1cccc([N+](=O)[O-])c1)NC(CC(F)F)C(=O)O. The molecule has 114 valence electrons. The average Bonchev–Trinajstić information content (AvgIpc) is 2.37. The summed E-state index contributed by atoms with van der Waals surface area (Å²) in [7, 11) is 0. The van der Waals surface area contributed by atoms with Gasteiger partial charge in [-0.05, 0) is 5.56 Å². The Balaban J connectivity index is 2.70. The van der Waals surface area contributed by atoms with Crippen molar-refractivity contribution in [1.29, 1.82) is 0 Å². The molecular weight excluding hydrogens is 290 g/mol. The van der Waals surface area contributed by atoms with Gasteiger partial charge in [0.15, 0.2) is 0 Å². The molecule has 21 heavy (non-hydrogen) atoms. The number of aliphatic carboxylic acids is 1. The molecule has 0 heterocycles. The van der Waals surface area contributed by atoms with E-state index in [9.17, 15) is 28.5 Å². The van der Waals surface area contributed by atoms with Gasteiger partial charge in [0.1, 0.15) is 6.04 Å². The van der Waals surface area contributed by atoms with E-state index in [1.165, 1.54) is 18.2 Å². The van der Waals surface area contributed by atoms with Gasteiger partial charge in [-0.25, -0.2) is 13.6 Å². The fourth-order valence-corrected chi connectivity index (χ4v) is 1.61. The predicted octanol–water partition coefficient (Wildman–Crippen LogP) is 1.36. The molecule has 1 rings (SSSR count). The lowest BCUT2D eigenvalue weighted by Crippen LogP contribution is -2.42. The van der Waals surface area contributed by atoms with E-state index in [4.69, 9.17) is 5.11 Å². The zero-order chi connectivity index (χ0) is 16.0. The van der Waals surface area contributed by atoms with Crippen LogP contribution < -0.4 is 5.32 Å². The van der Waals surface area contributed by atoms with Gasteiger partial charge in [0.25, 0.3) is 5.69 Å². The van der Waals surface area contributed by atoms with Gasteiger partial charge in [0.05, 0.1) is 11.3 Å². The molecule has 0 aliphatic carbocycles. The summed E-state index contributed by atoms with van der Waals surface area (Å²) in [6.45, 7) is 0. The molecule has 1 unspecified atom stereocenters. The number of carboxylic acid groups (broad SMARTS) is 1. The number of nitro benzene ring substituents is 1. The Kier molecular flexibility index (Phi) is 5.70. The number of hydrogen-bond donors (Lipinski definition) is 2. The van der Waals surface area contributed by atoms with Gasteiger partial charge < -0.3 is 10.4 Å². The largest absolute Gasteiger partial charge is 0.480 e. The van der Waals surface area contributed by atoms with E-state index >= 15 is 0 Å². The molecule has 0 bridgehead atoms. The van der Waals surface area contributed by atoms with Crippen LogP contribution in [0.25, 0.3) is 0 Å². The van der Waals surface area contributed by atoms with Crippen molar-refractivity contribution in [1.82, 2.24) is 5.32 Å². The summed E-state index contributed by atoms with van der Waals surface area (Å²) in [5.74, 6) is -2.37. The lowest BCUT2D eigenvalue weighted by molar-refractivity contribution is -0.384. The molecule has 0 spiro atoms. The molecule has 0 fully saturated rings. The third-order valence-electron chi connectivity index (χ3n) is 2.53. The fraction of sp³-hybridized carbons (Fsp3) is 0.333.